The van der Waals surface area contributed by atoms with Crippen LogP contribution in [0.25, 0.3) is 0 Å². The van der Waals surface area contributed by atoms with Gasteiger partial charge in [0.2, 0.25) is 17.7 Å². The minimum absolute atomic E-state index is 0.0325. The molecular weight excluding hydrogens is 425 g/mol. The van der Waals surface area contributed by atoms with Crippen LogP contribution >= 0.6 is 7.82 Å². The van der Waals surface area contributed by atoms with Crippen LogP contribution in [-0.4, -0.2) is 74.5 Å². The molecule has 0 aromatic rings. The first kappa shape index (κ1) is 28.4. The minimum atomic E-state index is -5.39. The lowest BCUT2D eigenvalue weighted by atomic mass is 10.0. The first-order valence-corrected chi connectivity index (χ1v) is 11.1. The number of hydrogen-bond acceptors (Lipinski definition) is 8. The Morgan fingerprint density at radius 1 is 0.867 bits per heavy atom. The second-order valence-corrected chi connectivity index (χ2v) is 7.73. The summed E-state index contributed by atoms with van der Waals surface area (Å²) in [5.41, 5.74) is 0. The molecule has 0 radical (unpaired) electrons. The maximum absolute atomic E-state index is 11.8. The summed E-state index contributed by atoms with van der Waals surface area (Å²) in [7, 11) is -5.39. The van der Waals surface area contributed by atoms with Gasteiger partial charge in [-0.3, -0.25) is 14.4 Å². The highest BCUT2D eigenvalue weighted by Gasteiger charge is 2.48. The fraction of sp³-hybridized carbons (Fsp3) is 0.812. The summed E-state index contributed by atoms with van der Waals surface area (Å²) in [6, 6.07) is -1.46. The monoisotopic (exact) mass is 457 g/mol. The van der Waals surface area contributed by atoms with Gasteiger partial charge in [0, 0.05) is 0 Å². The molecule has 1 atom stereocenters. The molecule has 0 spiro atoms. The van der Waals surface area contributed by atoms with Gasteiger partial charge in [0.05, 0.1) is 6.04 Å². The third-order valence-electron chi connectivity index (χ3n) is 4.02. The number of rotatable bonds is 16. The SMILES string of the molecule is CCCCCCCCC(NC(=O)CO)C(NC(=O)CO)(NC(=O)CO)OP(=O)(O)O. The number of aliphatic hydroxyl groups is 3. The molecule has 0 aromatic carbocycles. The van der Waals surface area contributed by atoms with E-state index >= 15 is 0 Å². The van der Waals surface area contributed by atoms with E-state index in [2.05, 4.69) is 9.84 Å². The van der Waals surface area contributed by atoms with Gasteiger partial charge in [0.15, 0.2) is 0 Å². The topological polar surface area (TPSA) is 215 Å². The smallest absolute Gasteiger partial charge is 0.387 e. The molecule has 176 valence electrons. The van der Waals surface area contributed by atoms with Crippen LogP contribution in [-0.2, 0) is 23.5 Å². The summed E-state index contributed by atoms with van der Waals surface area (Å²) in [6.07, 6.45) is 4.87. The lowest BCUT2D eigenvalue weighted by Crippen LogP contribution is -2.72. The Labute approximate surface area is 174 Å². The van der Waals surface area contributed by atoms with Crippen LogP contribution in [0.1, 0.15) is 51.9 Å². The Balaban J connectivity index is 5.89. The summed E-state index contributed by atoms with van der Waals surface area (Å²) in [5, 5.41) is 33.3. The summed E-state index contributed by atoms with van der Waals surface area (Å²) >= 11 is 0. The summed E-state index contributed by atoms with van der Waals surface area (Å²) < 4.78 is 16.2. The average molecular weight is 457 g/mol. The largest absolute Gasteiger partial charge is 0.473 e. The molecule has 0 fully saturated rings. The number of carbonyl (C=O) groups is 3. The van der Waals surface area contributed by atoms with E-state index in [0.29, 0.717) is 12.8 Å². The lowest BCUT2D eigenvalue weighted by Gasteiger charge is -2.41. The molecule has 0 bridgehead atoms. The number of phosphoric acid groups is 1. The van der Waals surface area contributed by atoms with Crippen molar-refractivity contribution in [2.75, 3.05) is 19.8 Å². The third-order valence-corrected chi connectivity index (χ3v) is 4.54. The van der Waals surface area contributed by atoms with Crippen molar-refractivity contribution in [1.29, 1.82) is 0 Å². The van der Waals surface area contributed by atoms with Crippen LogP contribution in [0.4, 0.5) is 0 Å². The second kappa shape index (κ2) is 14.4. The molecule has 30 heavy (non-hydrogen) atoms. The second-order valence-electron chi connectivity index (χ2n) is 6.56. The number of hydrogen-bond donors (Lipinski definition) is 8. The van der Waals surface area contributed by atoms with Gasteiger partial charge in [-0.15, -0.1) is 0 Å². The number of unbranched alkanes of at least 4 members (excludes halogenated alkanes) is 5. The highest BCUT2D eigenvalue weighted by atomic mass is 31.2. The molecule has 3 amide bonds. The molecule has 0 rings (SSSR count). The number of aliphatic hydroxyl groups excluding tert-OH is 3. The fourth-order valence-electron chi connectivity index (χ4n) is 2.74. The Morgan fingerprint density at radius 2 is 1.33 bits per heavy atom. The Bertz CT molecular complexity index is 580. The molecule has 13 nitrogen and oxygen atoms in total. The highest BCUT2D eigenvalue weighted by molar-refractivity contribution is 7.46. The summed E-state index contributed by atoms with van der Waals surface area (Å²) in [6.45, 7) is -1.19. The predicted molar refractivity (Wildman–Crippen MR) is 103 cm³/mol. The summed E-state index contributed by atoms with van der Waals surface area (Å²) in [5.74, 6) is -6.05. The van der Waals surface area contributed by atoms with E-state index in [1.54, 1.807) is 0 Å². The molecule has 14 heteroatoms. The summed E-state index contributed by atoms with van der Waals surface area (Å²) in [4.78, 5) is 54.1. The third kappa shape index (κ3) is 11.6. The molecule has 0 heterocycles. The van der Waals surface area contributed by atoms with Crippen LogP contribution in [0.15, 0.2) is 0 Å². The normalized spacial score (nSPS) is 12.9. The fourth-order valence-corrected chi connectivity index (χ4v) is 3.34. The van der Waals surface area contributed by atoms with Crippen LogP contribution < -0.4 is 16.0 Å². The Kier molecular flexibility index (Phi) is 13.6. The first-order valence-electron chi connectivity index (χ1n) is 9.53. The van der Waals surface area contributed by atoms with Crippen molar-refractivity contribution in [3.8, 4) is 0 Å². The van der Waals surface area contributed by atoms with E-state index in [9.17, 15) is 28.7 Å². The molecular formula is C16H32N3O10P. The Hall–Kier alpha value is -1.60. The predicted octanol–water partition coefficient (Wildman–Crippen LogP) is -1.81. The van der Waals surface area contributed by atoms with Crippen molar-refractivity contribution in [1.82, 2.24) is 16.0 Å². The van der Waals surface area contributed by atoms with E-state index in [-0.39, 0.29) is 6.42 Å². The van der Waals surface area contributed by atoms with Crippen LogP contribution in [0.2, 0.25) is 0 Å². The molecule has 0 aliphatic heterocycles. The maximum Gasteiger partial charge on any atom is 0.473 e. The van der Waals surface area contributed by atoms with Crippen LogP contribution in [0.3, 0.4) is 0 Å². The highest BCUT2D eigenvalue weighted by Crippen LogP contribution is 2.41. The first-order chi connectivity index (χ1) is 14.0. The number of nitrogens with one attached hydrogen (secondary N) is 3. The zero-order valence-electron chi connectivity index (χ0n) is 16.9. The number of amides is 3. The van der Waals surface area contributed by atoms with Gasteiger partial charge in [-0.25, -0.2) is 9.09 Å². The Morgan fingerprint density at radius 3 is 1.77 bits per heavy atom. The van der Waals surface area contributed by atoms with E-state index in [1.165, 1.54) is 0 Å². The lowest BCUT2D eigenvalue weighted by molar-refractivity contribution is -0.147. The molecule has 0 aliphatic rings. The molecule has 0 saturated carbocycles. The minimum Gasteiger partial charge on any atom is -0.387 e. The van der Waals surface area contributed by atoms with Crippen LogP contribution in [0, 0.1) is 0 Å². The molecule has 0 aliphatic carbocycles. The standard InChI is InChI=1S/C16H32N3O10P/c1-2-3-4-5-6-7-8-12(17-13(23)9-20)16(18-14(24)10-21,19-15(25)11-22)29-30(26,27)28/h12,20-22H,2-11H2,1H3,(H,17,23)(H,18,24)(H,19,25)(H2,26,27,28). The van der Waals surface area contributed by atoms with Crippen LogP contribution in [0.5, 0.6) is 0 Å². The maximum atomic E-state index is 11.8. The van der Waals surface area contributed by atoms with Crippen molar-refractivity contribution in [3.05, 3.63) is 0 Å². The number of phosphoric ester groups is 1. The van der Waals surface area contributed by atoms with Crippen molar-refractivity contribution < 1.29 is 48.6 Å². The van der Waals surface area contributed by atoms with E-state index in [0.717, 1.165) is 25.7 Å². The van der Waals surface area contributed by atoms with Gasteiger partial charge < -0.3 is 41.1 Å². The molecule has 0 saturated heterocycles. The molecule has 1 unspecified atom stereocenters. The van der Waals surface area contributed by atoms with Gasteiger partial charge in [-0.2, -0.15) is 0 Å². The average Bonchev–Trinajstić information content (AvgIpc) is 2.67. The van der Waals surface area contributed by atoms with E-state index in [4.69, 9.17) is 15.3 Å². The van der Waals surface area contributed by atoms with Gasteiger partial charge >= 0.3 is 7.82 Å². The van der Waals surface area contributed by atoms with Crippen molar-refractivity contribution in [3.63, 3.8) is 0 Å². The zero-order valence-corrected chi connectivity index (χ0v) is 17.8. The van der Waals surface area contributed by atoms with Gasteiger partial charge in [-0.1, -0.05) is 45.4 Å². The van der Waals surface area contributed by atoms with Gasteiger partial charge in [0.1, 0.15) is 19.8 Å². The van der Waals surface area contributed by atoms with Crippen molar-refractivity contribution in [2.45, 2.75) is 63.8 Å². The quantitative estimate of drug-likeness (QED) is 0.0738. The number of carbonyl (C=O) groups excluding carboxylic acids is 3. The van der Waals surface area contributed by atoms with Gasteiger partial charge in [-0.05, 0) is 6.42 Å². The molecule has 8 N–H and O–H groups in total. The van der Waals surface area contributed by atoms with Gasteiger partial charge in [0.25, 0.3) is 5.85 Å². The van der Waals surface area contributed by atoms with Crippen molar-refractivity contribution in [2.24, 2.45) is 0 Å². The van der Waals surface area contributed by atoms with E-state index in [1.807, 2.05) is 17.6 Å². The molecule has 0 aromatic heterocycles. The van der Waals surface area contributed by atoms with E-state index < -0.39 is 57.3 Å². The van der Waals surface area contributed by atoms with Crippen molar-refractivity contribution >= 4 is 25.5 Å². The zero-order chi connectivity index (χ0) is 23.2.